The fourth-order valence-corrected chi connectivity index (χ4v) is 2.03. The van der Waals surface area contributed by atoms with Crippen LogP contribution in [0.1, 0.15) is 18.4 Å². The van der Waals surface area contributed by atoms with Crippen LogP contribution in [-0.4, -0.2) is 37.1 Å². The predicted octanol–water partition coefficient (Wildman–Crippen LogP) is 2.34. The first-order valence-corrected chi connectivity index (χ1v) is 6.36. The minimum atomic E-state index is -0.242. The van der Waals surface area contributed by atoms with Crippen LogP contribution in [0.3, 0.4) is 0 Å². The summed E-state index contributed by atoms with van der Waals surface area (Å²) >= 11 is 0. The van der Waals surface area contributed by atoms with Gasteiger partial charge in [0.15, 0.2) is 0 Å². The van der Waals surface area contributed by atoms with E-state index in [0.29, 0.717) is 0 Å². The first-order valence-electron chi connectivity index (χ1n) is 6.36. The Hall–Kier alpha value is -1.61. The molecule has 0 saturated carbocycles. The van der Waals surface area contributed by atoms with Crippen LogP contribution in [0.2, 0.25) is 0 Å². The molecule has 0 bridgehead atoms. The van der Waals surface area contributed by atoms with Crippen molar-refractivity contribution < 1.29 is 9.53 Å². The van der Waals surface area contributed by atoms with Crippen molar-refractivity contribution in [3.63, 3.8) is 0 Å². The summed E-state index contributed by atoms with van der Waals surface area (Å²) in [4.78, 5) is 13.9. The quantitative estimate of drug-likeness (QED) is 0.604. The highest BCUT2D eigenvalue weighted by molar-refractivity contribution is 5.87. The molecule has 0 atom stereocenters. The zero-order chi connectivity index (χ0) is 12.8. The van der Waals surface area contributed by atoms with Crippen molar-refractivity contribution in [3.05, 3.63) is 42.0 Å². The Labute approximate surface area is 108 Å². The largest absolute Gasteiger partial charge is 0.459 e. The van der Waals surface area contributed by atoms with E-state index < -0.39 is 0 Å². The van der Waals surface area contributed by atoms with E-state index in [1.54, 1.807) is 6.08 Å². The van der Waals surface area contributed by atoms with Gasteiger partial charge >= 0.3 is 5.97 Å². The first-order chi connectivity index (χ1) is 8.74. The van der Waals surface area contributed by atoms with Crippen molar-refractivity contribution in [1.29, 1.82) is 0 Å². The molecule has 0 aliphatic carbocycles. The van der Waals surface area contributed by atoms with Crippen LogP contribution in [0.5, 0.6) is 0 Å². The number of hydrogen-bond donors (Lipinski definition) is 0. The molecular weight excluding hydrogens is 226 g/mol. The maximum atomic E-state index is 11.6. The molecule has 1 aromatic carbocycles. The Kier molecular flexibility index (Phi) is 4.53. The van der Waals surface area contributed by atoms with Crippen molar-refractivity contribution in [1.82, 2.24) is 4.90 Å². The van der Waals surface area contributed by atoms with E-state index in [2.05, 4.69) is 11.9 Å². The van der Waals surface area contributed by atoms with Gasteiger partial charge in [-0.15, -0.1) is 0 Å². The van der Waals surface area contributed by atoms with Crippen molar-refractivity contribution in [3.8, 4) is 0 Å². The number of likely N-dealkylation sites (tertiary alicyclic amines) is 1. The van der Waals surface area contributed by atoms with Crippen molar-refractivity contribution in [2.24, 2.45) is 0 Å². The second-order valence-corrected chi connectivity index (χ2v) is 4.68. The van der Waals surface area contributed by atoms with E-state index >= 15 is 0 Å². The SMILES string of the molecule is CN1CCC(OC(=O)/C=C/c2ccccc2)CC1. The van der Waals surface area contributed by atoms with E-state index in [1.807, 2.05) is 30.3 Å². The van der Waals surface area contributed by atoms with E-state index in [-0.39, 0.29) is 12.1 Å². The molecule has 1 aliphatic rings. The number of hydrogen-bond acceptors (Lipinski definition) is 3. The van der Waals surface area contributed by atoms with E-state index in [0.717, 1.165) is 31.5 Å². The van der Waals surface area contributed by atoms with E-state index in [4.69, 9.17) is 4.74 Å². The van der Waals surface area contributed by atoms with Crippen LogP contribution in [0.4, 0.5) is 0 Å². The van der Waals surface area contributed by atoms with Gasteiger partial charge in [0.25, 0.3) is 0 Å². The standard InChI is InChI=1S/C15H19NO2/c1-16-11-9-14(10-12-16)18-15(17)8-7-13-5-3-2-4-6-13/h2-8,14H,9-12H2,1H3/b8-7+. The number of esters is 1. The van der Waals surface area contributed by atoms with Crippen LogP contribution < -0.4 is 0 Å². The third kappa shape index (κ3) is 4.00. The number of benzene rings is 1. The molecule has 96 valence electrons. The Bertz CT molecular complexity index is 406. The molecule has 18 heavy (non-hydrogen) atoms. The van der Waals surface area contributed by atoms with Gasteiger partial charge in [-0.25, -0.2) is 4.79 Å². The highest BCUT2D eigenvalue weighted by Gasteiger charge is 2.18. The first kappa shape index (κ1) is 12.8. The van der Waals surface area contributed by atoms with Crippen molar-refractivity contribution in [2.75, 3.05) is 20.1 Å². The van der Waals surface area contributed by atoms with E-state index in [1.165, 1.54) is 6.08 Å². The lowest BCUT2D eigenvalue weighted by Gasteiger charge is -2.28. The molecule has 1 heterocycles. The fraction of sp³-hybridized carbons (Fsp3) is 0.400. The lowest BCUT2D eigenvalue weighted by atomic mass is 10.1. The predicted molar refractivity (Wildman–Crippen MR) is 72.1 cm³/mol. The minimum Gasteiger partial charge on any atom is -0.459 e. The van der Waals surface area contributed by atoms with Gasteiger partial charge < -0.3 is 9.64 Å². The molecule has 2 rings (SSSR count). The highest BCUT2D eigenvalue weighted by atomic mass is 16.5. The van der Waals surface area contributed by atoms with Gasteiger partial charge in [0.05, 0.1) is 0 Å². The second kappa shape index (κ2) is 6.36. The average Bonchev–Trinajstić information content (AvgIpc) is 2.40. The maximum absolute atomic E-state index is 11.6. The summed E-state index contributed by atoms with van der Waals surface area (Å²) in [6.07, 6.45) is 5.24. The molecule has 0 unspecified atom stereocenters. The normalized spacial score (nSPS) is 18.1. The number of piperidine rings is 1. The lowest BCUT2D eigenvalue weighted by molar-refractivity contribution is -0.144. The molecule has 0 N–H and O–H groups in total. The molecule has 1 saturated heterocycles. The second-order valence-electron chi connectivity index (χ2n) is 4.68. The number of nitrogens with zero attached hydrogens (tertiary/aromatic N) is 1. The smallest absolute Gasteiger partial charge is 0.331 e. The molecular formula is C15H19NO2. The number of rotatable bonds is 3. The van der Waals surface area contributed by atoms with Crippen molar-refractivity contribution >= 4 is 12.0 Å². The van der Waals surface area contributed by atoms with Gasteiger partial charge in [-0.05, 0) is 31.5 Å². The third-order valence-corrected chi connectivity index (χ3v) is 3.16. The summed E-state index contributed by atoms with van der Waals surface area (Å²) in [5.41, 5.74) is 1.01. The summed E-state index contributed by atoms with van der Waals surface area (Å²) < 4.78 is 5.41. The van der Waals surface area contributed by atoms with Crippen LogP contribution in [0, 0.1) is 0 Å². The Morgan fingerprint density at radius 1 is 1.28 bits per heavy atom. The minimum absolute atomic E-state index is 0.0779. The van der Waals surface area contributed by atoms with Crippen LogP contribution in [0.25, 0.3) is 6.08 Å². The Morgan fingerprint density at radius 2 is 1.94 bits per heavy atom. The van der Waals surface area contributed by atoms with Crippen LogP contribution >= 0.6 is 0 Å². The molecule has 3 heteroatoms. The molecule has 1 aliphatic heterocycles. The summed E-state index contributed by atoms with van der Waals surface area (Å²) in [5.74, 6) is -0.242. The summed E-state index contributed by atoms with van der Waals surface area (Å²) in [5, 5.41) is 0. The fourth-order valence-electron chi connectivity index (χ4n) is 2.03. The van der Waals surface area contributed by atoms with Gasteiger partial charge in [-0.2, -0.15) is 0 Å². The summed E-state index contributed by atoms with van der Waals surface area (Å²) in [6.45, 7) is 2.00. The van der Waals surface area contributed by atoms with Gasteiger partial charge in [0.2, 0.25) is 0 Å². The molecule has 0 radical (unpaired) electrons. The van der Waals surface area contributed by atoms with Gasteiger partial charge in [0.1, 0.15) is 6.10 Å². The molecule has 0 amide bonds. The van der Waals surface area contributed by atoms with Gasteiger partial charge in [-0.1, -0.05) is 30.3 Å². The molecule has 0 aromatic heterocycles. The zero-order valence-electron chi connectivity index (χ0n) is 10.7. The van der Waals surface area contributed by atoms with Crippen LogP contribution in [-0.2, 0) is 9.53 Å². The topological polar surface area (TPSA) is 29.5 Å². The monoisotopic (exact) mass is 245 g/mol. The number of carbonyl (C=O) groups is 1. The van der Waals surface area contributed by atoms with Gasteiger partial charge in [0, 0.05) is 19.2 Å². The average molecular weight is 245 g/mol. The molecule has 3 nitrogen and oxygen atoms in total. The summed E-state index contributed by atoms with van der Waals surface area (Å²) in [6, 6.07) is 9.76. The van der Waals surface area contributed by atoms with Crippen LogP contribution in [0.15, 0.2) is 36.4 Å². The highest BCUT2D eigenvalue weighted by Crippen LogP contribution is 2.12. The lowest BCUT2D eigenvalue weighted by Crippen LogP contribution is -2.35. The molecule has 0 spiro atoms. The van der Waals surface area contributed by atoms with Gasteiger partial charge in [-0.3, -0.25) is 0 Å². The van der Waals surface area contributed by atoms with E-state index in [9.17, 15) is 4.79 Å². The molecule has 1 fully saturated rings. The number of ether oxygens (including phenoxy) is 1. The maximum Gasteiger partial charge on any atom is 0.331 e. The number of carbonyl (C=O) groups excluding carboxylic acids is 1. The Morgan fingerprint density at radius 3 is 2.61 bits per heavy atom. The molecule has 1 aromatic rings. The zero-order valence-corrected chi connectivity index (χ0v) is 10.7. The third-order valence-electron chi connectivity index (χ3n) is 3.16. The summed E-state index contributed by atoms with van der Waals surface area (Å²) in [7, 11) is 2.09. The van der Waals surface area contributed by atoms with Crippen molar-refractivity contribution in [2.45, 2.75) is 18.9 Å². The Balaban J connectivity index is 1.80.